The van der Waals surface area contributed by atoms with Crippen LogP contribution in [0.15, 0.2) is 24.3 Å². The first-order valence-corrected chi connectivity index (χ1v) is 3.48. The highest BCUT2D eigenvalue weighted by Gasteiger charge is 2.03. The van der Waals surface area contributed by atoms with Crippen LogP contribution in [0.4, 0.5) is 5.69 Å². The topological polar surface area (TPSA) is 52.4 Å². The summed E-state index contributed by atoms with van der Waals surface area (Å²) in [5.41, 5.74) is 0.0779. The molecular weight excluding hydrogens is 165 g/mol. The Kier molecular flexibility index (Phi) is 2.39. The van der Waals surface area contributed by atoms with E-state index in [1.54, 1.807) is 12.1 Å². The number of rotatable bonds is 2. The maximum absolute atomic E-state index is 10.2. The van der Waals surface area contributed by atoms with Gasteiger partial charge in [-0.25, -0.2) is 0 Å². The van der Waals surface area contributed by atoms with E-state index >= 15 is 0 Å². The summed E-state index contributed by atoms with van der Waals surface area (Å²) in [5, 5.41) is 10.2. The maximum atomic E-state index is 10.2. The molecule has 58 valence electrons. The first-order valence-electron chi connectivity index (χ1n) is 2.90. The van der Waals surface area contributed by atoms with E-state index in [0.717, 1.165) is 0 Å². The SMILES string of the molecule is O=[N+]([O-])c1ccc(O[PH3+])cc1. The second-order valence-electron chi connectivity index (χ2n) is 1.90. The Morgan fingerprint density at radius 3 is 2.27 bits per heavy atom. The molecule has 0 N–H and O–H groups in total. The van der Waals surface area contributed by atoms with Crippen LogP contribution in [0.25, 0.3) is 0 Å². The lowest BCUT2D eigenvalue weighted by atomic mass is 10.3. The van der Waals surface area contributed by atoms with Gasteiger partial charge in [0.25, 0.3) is 5.69 Å². The van der Waals surface area contributed by atoms with Crippen LogP contribution in [0.3, 0.4) is 0 Å². The van der Waals surface area contributed by atoms with Crippen LogP contribution in [-0.2, 0) is 0 Å². The molecule has 0 aliphatic carbocycles. The molecule has 0 saturated heterocycles. The summed E-state index contributed by atoms with van der Waals surface area (Å²) in [6, 6.07) is 5.93. The zero-order chi connectivity index (χ0) is 8.27. The van der Waals surface area contributed by atoms with Crippen molar-refractivity contribution in [3.05, 3.63) is 34.4 Å². The summed E-state index contributed by atoms with van der Waals surface area (Å²) in [4.78, 5) is 9.72. The van der Waals surface area contributed by atoms with Crippen molar-refractivity contribution in [2.45, 2.75) is 0 Å². The number of hydrogen-bond donors (Lipinski definition) is 0. The van der Waals surface area contributed by atoms with Crippen molar-refractivity contribution in [1.29, 1.82) is 0 Å². The molecule has 4 nitrogen and oxygen atoms in total. The Morgan fingerprint density at radius 2 is 1.91 bits per heavy atom. The van der Waals surface area contributed by atoms with Gasteiger partial charge in [-0.1, -0.05) is 0 Å². The normalized spacial score (nSPS) is 9.45. The highest BCUT2D eigenvalue weighted by molar-refractivity contribution is 7.10. The fraction of sp³-hybridized carbons (Fsp3) is 0. The van der Waals surface area contributed by atoms with Crippen LogP contribution in [0.1, 0.15) is 0 Å². The minimum Gasteiger partial charge on any atom is -0.358 e. The standard InChI is InChI=1S/C6H7NO3P/c8-7(9)5-1-3-6(10-11)4-2-5/h1-4H,11H3/q+1. The van der Waals surface area contributed by atoms with Gasteiger partial charge in [0.2, 0.25) is 0 Å². The fourth-order valence-electron chi connectivity index (χ4n) is 0.664. The molecule has 0 spiro atoms. The monoisotopic (exact) mass is 172 g/mol. The van der Waals surface area contributed by atoms with E-state index in [1.165, 1.54) is 21.6 Å². The molecule has 0 aliphatic rings. The van der Waals surface area contributed by atoms with E-state index in [2.05, 4.69) is 0 Å². The number of nitrogens with zero attached hydrogens (tertiary/aromatic N) is 1. The molecule has 0 fully saturated rings. The summed E-state index contributed by atoms with van der Waals surface area (Å²) in [5.74, 6) is 0.633. The van der Waals surface area contributed by atoms with Crippen LogP contribution in [0.5, 0.6) is 5.75 Å². The van der Waals surface area contributed by atoms with E-state index in [4.69, 9.17) is 4.52 Å². The van der Waals surface area contributed by atoms with Crippen LogP contribution < -0.4 is 4.52 Å². The summed E-state index contributed by atoms with van der Waals surface area (Å²) < 4.78 is 4.85. The first-order chi connectivity index (χ1) is 5.24. The second-order valence-corrected chi connectivity index (χ2v) is 2.18. The van der Waals surface area contributed by atoms with Gasteiger partial charge in [0.1, 0.15) is 0 Å². The number of hydrogen-bond acceptors (Lipinski definition) is 3. The number of nitro groups is 1. The molecule has 0 aliphatic heterocycles. The summed E-state index contributed by atoms with van der Waals surface area (Å²) >= 11 is 0. The van der Waals surface area contributed by atoms with E-state index in [-0.39, 0.29) is 5.69 Å². The largest absolute Gasteiger partial charge is 0.358 e. The van der Waals surface area contributed by atoms with Crippen molar-refractivity contribution in [1.82, 2.24) is 0 Å². The first kappa shape index (κ1) is 7.95. The molecular formula is C6H7NO3P+. The number of nitro benzene ring substituents is 1. The van der Waals surface area contributed by atoms with Crippen LogP contribution >= 0.6 is 9.47 Å². The van der Waals surface area contributed by atoms with Gasteiger partial charge < -0.3 is 4.52 Å². The second kappa shape index (κ2) is 3.30. The smallest absolute Gasteiger partial charge is 0.269 e. The Balaban J connectivity index is 2.91. The van der Waals surface area contributed by atoms with E-state index in [1.807, 2.05) is 0 Å². The van der Waals surface area contributed by atoms with Crippen LogP contribution in [0.2, 0.25) is 0 Å². The summed E-state index contributed by atoms with van der Waals surface area (Å²) in [7, 11) is 1.33. The summed E-state index contributed by atoms with van der Waals surface area (Å²) in [6.07, 6.45) is 0. The molecule has 0 radical (unpaired) electrons. The molecule has 0 aromatic heterocycles. The van der Waals surface area contributed by atoms with Crippen molar-refractivity contribution in [3.8, 4) is 5.75 Å². The third kappa shape index (κ3) is 1.88. The predicted molar refractivity (Wildman–Crippen MR) is 44.8 cm³/mol. The van der Waals surface area contributed by atoms with Crippen LogP contribution in [-0.4, -0.2) is 4.92 Å². The Labute approximate surface area is 65.6 Å². The van der Waals surface area contributed by atoms with Crippen LogP contribution in [0, 0.1) is 10.1 Å². The molecule has 1 aromatic rings. The fourth-order valence-corrected chi connectivity index (χ4v) is 0.857. The van der Waals surface area contributed by atoms with E-state index in [9.17, 15) is 10.1 Å². The van der Waals surface area contributed by atoms with Gasteiger partial charge in [-0.15, -0.1) is 0 Å². The lowest BCUT2D eigenvalue weighted by Gasteiger charge is -1.92. The molecule has 0 bridgehead atoms. The van der Waals surface area contributed by atoms with Gasteiger partial charge in [0.15, 0.2) is 15.2 Å². The van der Waals surface area contributed by atoms with Gasteiger partial charge in [0, 0.05) is 12.1 Å². The predicted octanol–water partition coefficient (Wildman–Crippen LogP) is 1.50. The molecule has 0 amide bonds. The zero-order valence-electron chi connectivity index (χ0n) is 5.69. The van der Waals surface area contributed by atoms with Gasteiger partial charge in [-0.05, 0) is 12.1 Å². The molecule has 0 heterocycles. The maximum Gasteiger partial charge on any atom is 0.269 e. The lowest BCUT2D eigenvalue weighted by Crippen LogP contribution is -1.86. The Bertz CT molecular complexity index is 259. The molecule has 11 heavy (non-hydrogen) atoms. The molecule has 1 rings (SSSR count). The third-order valence-electron chi connectivity index (χ3n) is 1.21. The minimum atomic E-state index is -0.443. The van der Waals surface area contributed by atoms with Crippen molar-refractivity contribution in [2.24, 2.45) is 0 Å². The molecule has 1 atom stereocenters. The zero-order valence-corrected chi connectivity index (χ0v) is 7.10. The highest BCUT2D eigenvalue weighted by Crippen LogP contribution is 2.18. The number of benzene rings is 1. The molecule has 0 saturated carbocycles. The summed E-state index contributed by atoms with van der Waals surface area (Å²) in [6.45, 7) is 0. The quantitative estimate of drug-likeness (QED) is 0.385. The van der Waals surface area contributed by atoms with Gasteiger partial charge in [-0.3, -0.25) is 10.1 Å². The Hall–Kier alpha value is -1.15. The third-order valence-corrected chi connectivity index (χ3v) is 1.55. The molecule has 1 aromatic carbocycles. The molecule has 1 unspecified atom stereocenters. The van der Waals surface area contributed by atoms with Crippen molar-refractivity contribution in [2.75, 3.05) is 0 Å². The van der Waals surface area contributed by atoms with E-state index < -0.39 is 4.92 Å². The lowest BCUT2D eigenvalue weighted by molar-refractivity contribution is -0.384. The average Bonchev–Trinajstić information content (AvgIpc) is 2.05. The van der Waals surface area contributed by atoms with Gasteiger partial charge >= 0.3 is 0 Å². The highest BCUT2D eigenvalue weighted by atomic mass is 31.0. The average molecular weight is 172 g/mol. The number of non-ortho nitro benzene ring substituents is 1. The minimum absolute atomic E-state index is 0.0779. The van der Waals surface area contributed by atoms with Crippen molar-refractivity contribution < 1.29 is 9.45 Å². The van der Waals surface area contributed by atoms with Crippen molar-refractivity contribution >= 4 is 15.2 Å². The Morgan fingerprint density at radius 1 is 1.36 bits per heavy atom. The molecule has 5 heteroatoms. The van der Waals surface area contributed by atoms with Gasteiger partial charge in [0.05, 0.1) is 4.92 Å². The van der Waals surface area contributed by atoms with Gasteiger partial charge in [-0.2, -0.15) is 0 Å². The van der Waals surface area contributed by atoms with E-state index in [0.29, 0.717) is 5.75 Å². The van der Waals surface area contributed by atoms with Crippen molar-refractivity contribution in [3.63, 3.8) is 0 Å².